The van der Waals surface area contributed by atoms with Gasteiger partial charge in [-0.05, 0) is 33.2 Å². The molecule has 1 fully saturated rings. The van der Waals surface area contributed by atoms with Gasteiger partial charge in [0.2, 0.25) is 5.91 Å². The first-order valence-electron chi connectivity index (χ1n) is 6.30. The van der Waals surface area contributed by atoms with Crippen LogP contribution in [-0.2, 0) is 14.3 Å². The number of piperidine rings is 1. The zero-order valence-electron chi connectivity index (χ0n) is 11.0. The lowest BCUT2D eigenvalue weighted by molar-refractivity contribution is -0.137. The standard InChI is InChI=1S/C12H24N2O3/c1-9-11(5-4-6-13-9)17-10(2)12(15)14-7-8-16-3/h9-11,13H,4-8H2,1-3H3,(H,14,15). The van der Waals surface area contributed by atoms with E-state index in [1.165, 1.54) is 0 Å². The van der Waals surface area contributed by atoms with Crippen LogP contribution in [0.15, 0.2) is 0 Å². The summed E-state index contributed by atoms with van der Waals surface area (Å²) in [7, 11) is 1.61. The molecule has 0 aliphatic carbocycles. The van der Waals surface area contributed by atoms with Gasteiger partial charge in [0.05, 0.1) is 12.7 Å². The number of nitrogens with one attached hydrogen (secondary N) is 2. The number of carbonyl (C=O) groups is 1. The summed E-state index contributed by atoms with van der Waals surface area (Å²) in [6.07, 6.45) is 1.85. The Labute approximate surface area is 103 Å². The van der Waals surface area contributed by atoms with Crippen molar-refractivity contribution in [3.63, 3.8) is 0 Å². The topological polar surface area (TPSA) is 59.6 Å². The highest BCUT2D eigenvalue weighted by atomic mass is 16.5. The van der Waals surface area contributed by atoms with Gasteiger partial charge in [-0.15, -0.1) is 0 Å². The molecule has 0 aromatic rings. The second-order valence-corrected chi connectivity index (χ2v) is 4.49. The van der Waals surface area contributed by atoms with E-state index in [0.717, 1.165) is 19.4 Å². The fourth-order valence-corrected chi connectivity index (χ4v) is 1.94. The zero-order chi connectivity index (χ0) is 12.7. The summed E-state index contributed by atoms with van der Waals surface area (Å²) < 4.78 is 10.7. The van der Waals surface area contributed by atoms with Gasteiger partial charge < -0.3 is 20.1 Å². The smallest absolute Gasteiger partial charge is 0.248 e. The van der Waals surface area contributed by atoms with Crippen LogP contribution in [0, 0.1) is 0 Å². The van der Waals surface area contributed by atoms with Crippen LogP contribution in [0.4, 0.5) is 0 Å². The number of amides is 1. The number of carbonyl (C=O) groups excluding carboxylic acids is 1. The summed E-state index contributed by atoms with van der Waals surface area (Å²) in [6, 6.07) is 0.318. The normalized spacial score (nSPS) is 26.5. The van der Waals surface area contributed by atoms with E-state index in [4.69, 9.17) is 9.47 Å². The van der Waals surface area contributed by atoms with E-state index in [0.29, 0.717) is 19.2 Å². The minimum atomic E-state index is -0.404. The summed E-state index contributed by atoms with van der Waals surface area (Å²) in [6.45, 7) is 5.99. The average Bonchev–Trinajstić information content (AvgIpc) is 2.32. The fourth-order valence-electron chi connectivity index (χ4n) is 1.94. The van der Waals surface area contributed by atoms with Gasteiger partial charge in [-0.25, -0.2) is 0 Å². The molecule has 0 bridgehead atoms. The molecule has 0 radical (unpaired) electrons. The molecule has 17 heavy (non-hydrogen) atoms. The lowest BCUT2D eigenvalue weighted by Crippen LogP contribution is -2.47. The van der Waals surface area contributed by atoms with Gasteiger partial charge in [-0.1, -0.05) is 0 Å². The Bertz CT molecular complexity index is 236. The molecule has 0 aromatic heterocycles. The molecule has 5 heteroatoms. The van der Waals surface area contributed by atoms with Crippen molar-refractivity contribution in [2.75, 3.05) is 26.8 Å². The molecule has 0 spiro atoms. The van der Waals surface area contributed by atoms with E-state index in [2.05, 4.69) is 17.6 Å². The highest BCUT2D eigenvalue weighted by molar-refractivity contribution is 5.80. The Kier molecular flexibility index (Phi) is 6.47. The number of hydrogen-bond donors (Lipinski definition) is 2. The quantitative estimate of drug-likeness (QED) is 0.660. The maximum atomic E-state index is 11.7. The molecular weight excluding hydrogens is 220 g/mol. The van der Waals surface area contributed by atoms with Gasteiger partial charge in [0.25, 0.3) is 0 Å². The second kappa shape index (κ2) is 7.63. The number of hydrogen-bond acceptors (Lipinski definition) is 4. The van der Waals surface area contributed by atoms with Gasteiger partial charge in [-0.2, -0.15) is 0 Å². The molecule has 1 aliphatic rings. The number of ether oxygens (including phenoxy) is 2. The number of rotatable bonds is 6. The van der Waals surface area contributed by atoms with Crippen molar-refractivity contribution < 1.29 is 14.3 Å². The lowest BCUT2D eigenvalue weighted by atomic mass is 10.0. The van der Waals surface area contributed by atoms with E-state index in [9.17, 15) is 4.79 Å². The summed E-state index contributed by atoms with van der Waals surface area (Å²) in [5.74, 6) is -0.0696. The summed E-state index contributed by atoms with van der Waals surface area (Å²) in [5, 5.41) is 6.13. The van der Waals surface area contributed by atoms with Crippen molar-refractivity contribution in [3.8, 4) is 0 Å². The predicted octanol–water partition coefficient (Wildman–Crippen LogP) is 0.295. The summed E-state index contributed by atoms with van der Waals surface area (Å²) >= 11 is 0. The molecule has 100 valence electrons. The Morgan fingerprint density at radius 2 is 2.35 bits per heavy atom. The Hall–Kier alpha value is -0.650. The molecule has 1 aliphatic heterocycles. The molecule has 2 N–H and O–H groups in total. The minimum Gasteiger partial charge on any atom is -0.383 e. The van der Waals surface area contributed by atoms with Crippen LogP contribution >= 0.6 is 0 Å². The van der Waals surface area contributed by atoms with Crippen molar-refractivity contribution in [1.29, 1.82) is 0 Å². The molecule has 1 amide bonds. The second-order valence-electron chi connectivity index (χ2n) is 4.49. The maximum absolute atomic E-state index is 11.7. The minimum absolute atomic E-state index is 0.0696. The summed E-state index contributed by atoms with van der Waals surface area (Å²) in [5.41, 5.74) is 0. The molecule has 0 saturated carbocycles. The maximum Gasteiger partial charge on any atom is 0.248 e. The van der Waals surface area contributed by atoms with Crippen molar-refractivity contribution >= 4 is 5.91 Å². The van der Waals surface area contributed by atoms with Gasteiger partial charge in [0, 0.05) is 19.7 Å². The van der Waals surface area contributed by atoms with Crippen LogP contribution < -0.4 is 10.6 Å². The van der Waals surface area contributed by atoms with Crippen LogP contribution in [0.3, 0.4) is 0 Å². The first-order chi connectivity index (χ1) is 8.15. The van der Waals surface area contributed by atoms with Crippen molar-refractivity contribution in [2.45, 2.75) is 44.9 Å². The number of methoxy groups -OCH3 is 1. The third-order valence-electron chi connectivity index (χ3n) is 3.04. The molecular formula is C12H24N2O3. The molecule has 1 heterocycles. The van der Waals surface area contributed by atoms with Crippen molar-refractivity contribution in [1.82, 2.24) is 10.6 Å². The predicted molar refractivity (Wildman–Crippen MR) is 65.9 cm³/mol. The SMILES string of the molecule is COCCNC(=O)C(C)OC1CCCNC1C. The van der Waals surface area contributed by atoms with Crippen molar-refractivity contribution in [2.24, 2.45) is 0 Å². The third kappa shape index (κ3) is 5.02. The van der Waals surface area contributed by atoms with Gasteiger partial charge >= 0.3 is 0 Å². The molecule has 0 aromatic carbocycles. The highest BCUT2D eigenvalue weighted by Gasteiger charge is 2.25. The Balaban J connectivity index is 2.26. The molecule has 3 atom stereocenters. The highest BCUT2D eigenvalue weighted by Crippen LogP contribution is 2.14. The van der Waals surface area contributed by atoms with Gasteiger partial charge in [-0.3, -0.25) is 4.79 Å². The largest absolute Gasteiger partial charge is 0.383 e. The molecule has 5 nitrogen and oxygen atoms in total. The first-order valence-corrected chi connectivity index (χ1v) is 6.30. The van der Waals surface area contributed by atoms with Crippen LogP contribution in [-0.4, -0.2) is 51.0 Å². The van der Waals surface area contributed by atoms with Crippen LogP contribution in [0.5, 0.6) is 0 Å². The van der Waals surface area contributed by atoms with Crippen LogP contribution in [0.25, 0.3) is 0 Å². The Morgan fingerprint density at radius 1 is 1.59 bits per heavy atom. The molecule has 1 saturated heterocycles. The monoisotopic (exact) mass is 244 g/mol. The van der Waals surface area contributed by atoms with E-state index in [-0.39, 0.29) is 12.0 Å². The van der Waals surface area contributed by atoms with E-state index >= 15 is 0 Å². The summed E-state index contributed by atoms with van der Waals surface area (Å²) in [4.78, 5) is 11.7. The van der Waals surface area contributed by atoms with Gasteiger partial charge in [0.1, 0.15) is 6.10 Å². The van der Waals surface area contributed by atoms with E-state index in [1.54, 1.807) is 14.0 Å². The average molecular weight is 244 g/mol. The Morgan fingerprint density at radius 3 is 3.00 bits per heavy atom. The molecule has 1 rings (SSSR count). The van der Waals surface area contributed by atoms with Crippen molar-refractivity contribution in [3.05, 3.63) is 0 Å². The van der Waals surface area contributed by atoms with E-state index in [1.807, 2.05) is 0 Å². The zero-order valence-corrected chi connectivity index (χ0v) is 11.0. The first kappa shape index (κ1) is 14.4. The fraction of sp³-hybridized carbons (Fsp3) is 0.917. The van der Waals surface area contributed by atoms with Crippen LogP contribution in [0.2, 0.25) is 0 Å². The van der Waals surface area contributed by atoms with E-state index < -0.39 is 6.10 Å². The molecule has 3 unspecified atom stereocenters. The van der Waals surface area contributed by atoms with Gasteiger partial charge in [0.15, 0.2) is 0 Å². The van der Waals surface area contributed by atoms with Crippen LogP contribution in [0.1, 0.15) is 26.7 Å². The third-order valence-corrected chi connectivity index (χ3v) is 3.04. The lowest BCUT2D eigenvalue weighted by Gasteiger charge is -2.31.